The van der Waals surface area contributed by atoms with Crippen LogP contribution >= 0.6 is 0 Å². The Kier molecular flexibility index (Phi) is 6.96. The van der Waals surface area contributed by atoms with Crippen LogP contribution in [-0.2, 0) is 6.54 Å². The number of para-hydroxylation sites is 1. The van der Waals surface area contributed by atoms with Crippen molar-refractivity contribution in [2.75, 3.05) is 39.8 Å². The van der Waals surface area contributed by atoms with E-state index in [0.717, 1.165) is 36.5 Å². The van der Waals surface area contributed by atoms with Crippen molar-refractivity contribution in [1.82, 2.24) is 14.4 Å². The topological polar surface area (TPSA) is 57.9 Å². The van der Waals surface area contributed by atoms with Crippen LogP contribution < -0.4 is 4.74 Å². The van der Waals surface area contributed by atoms with Gasteiger partial charge in [0.05, 0.1) is 17.3 Å². The molecule has 6 heteroatoms. The minimum absolute atomic E-state index is 0.193. The molecular weight excluding hydrogens is 462 g/mol. The summed E-state index contributed by atoms with van der Waals surface area (Å²) in [4.78, 5) is 17.0. The standard InChI is InChI=1S/C31H39N3O3/c1-32(17-18-33-15-7-8-16-33)24-20-34-27-19-23(31(35)36)13-14-25(27)29(22-9-3-2-4-10-22)30(34)26-11-5-6-12-28(26)37-21-24/h5-6,11-14,19,22,24H,2-4,7-10,15-18,20-21H2,1H3,(H,35,36). The maximum atomic E-state index is 12.0. The number of carboxylic acids is 1. The second kappa shape index (κ2) is 10.5. The second-order valence-electron chi connectivity index (χ2n) is 11.2. The van der Waals surface area contributed by atoms with Crippen LogP contribution in [0.25, 0.3) is 22.2 Å². The summed E-state index contributed by atoms with van der Waals surface area (Å²) in [5, 5.41) is 11.0. The molecule has 0 amide bonds. The number of aromatic carboxylic acids is 1. The summed E-state index contributed by atoms with van der Waals surface area (Å²) in [5.41, 5.74) is 5.16. The fourth-order valence-electron chi connectivity index (χ4n) is 6.79. The van der Waals surface area contributed by atoms with Crippen LogP contribution in [0.15, 0.2) is 42.5 Å². The molecule has 0 bridgehead atoms. The van der Waals surface area contributed by atoms with Gasteiger partial charge in [-0.05, 0) is 81.6 Å². The van der Waals surface area contributed by atoms with Crippen LogP contribution in [0.4, 0.5) is 0 Å². The fourth-order valence-corrected chi connectivity index (χ4v) is 6.79. The number of ether oxygens (including phenoxy) is 1. The molecule has 2 aliphatic heterocycles. The molecule has 1 saturated carbocycles. The van der Waals surface area contributed by atoms with E-state index in [4.69, 9.17) is 4.74 Å². The zero-order valence-corrected chi connectivity index (χ0v) is 22.0. The van der Waals surface area contributed by atoms with E-state index in [-0.39, 0.29) is 6.04 Å². The molecule has 2 aromatic carbocycles. The van der Waals surface area contributed by atoms with Crippen molar-refractivity contribution in [2.45, 2.75) is 63.5 Å². The normalized spacial score (nSPS) is 20.9. The maximum absolute atomic E-state index is 12.0. The zero-order chi connectivity index (χ0) is 25.4. The van der Waals surface area contributed by atoms with Gasteiger partial charge >= 0.3 is 5.97 Å². The van der Waals surface area contributed by atoms with Crippen molar-refractivity contribution >= 4 is 16.9 Å². The minimum atomic E-state index is -0.870. The Morgan fingerprint density at radius 2 is 1.84 bits per heavy atom. The number of aromatic nitrogens is 1. The van der Waals surface area contributed by atoms with Gasteiger partial charge in [-0.3, -0.25) is 4.90 Å². The van der Waals surface area contributed by atoms with Crippen LogP contribution in [-0.4, -0.2) is 71.3 Å². The third kappa shape index (κ3) is 4.77. The van der Waals surface area contributed by atoms with Crippen LogP contribution in [0.3, 0.4) is 0 Å². The van der Waals surface area contributed by atoms with E-state index >= 15 is 0 Å². The highest BCUT2D eigenvalue weighted by atomic mass is 16.5. The Labute approximate surface area is 219 Å². The Morgan fingerprint density at radius 1 is 1.05 bits per heavy atom. The number of carbonyl (C=O) groups is 1. The first-order chi connectivity index (χ1) is 18.1. The average Bonchev–Trinajstić information content (AvgIpc) is 3.54. The molecule has 1 atom stereocenters. The quantitative estimate of drug-likeness (QED) is 0.460. The highest BCUT2D eigenvalue weighted by Gasteiger charge is 2.31. The number of benzene rings is 2. The molecule has 3 aromatic rings. The molecule has 3 heterocycles. The summed E-state index contributed by atoms with van der Waals surface area (Å²) in [5.74, 6) is 0.548. The van der Waals surface area contributed by atoms with E-state index < -0.39 is 5.97 Å². The van der Waals surface area contributed by atoms with E-state index in [1.165, 1.54) is 74.7 Å². The van der Waals surface area contributed by atoms with Gasteiger partial charge < -0.3 is 19.3 Å². The van der Waals surface area contributed by atoms with Gasteiger partial charge in [0.1, 0.15) is 12.4 Å². The summed E-state index contributed by atoms with van der Waals surface area (Å²) >= 11 is 0. The zero-order valence-electron chi connectivity index (χ0n) is 22.0. The molecule has 1 N–H and O–H groups in total. The van der Waals surface area contributed by atoms with E-state index in [1.54, 1.807) is 6.07 Å². The number of nitrogens with zero attached hydrogens (tertiary/aromatic N) is 3. The summed E-state index contributed by atoms with van der Waals surface area (Å²) in [7, 11) is 2.22. The lowest BCUT2D eigenvalue weighted by Gasteiger charge is -2.33. The molecule has 3 aliphatic rings. The van der Waals surface area contributed by atoms with E-state index in [9.17, 15) is 9.90 Å². The predicted molar refractivity (Wildman–Crippen MR) is 148 cm³/mol. The summed E-state index contributed by atoms with van der Waals surface area (Å²) in [6.07, 6.45) is 8.80. The first kappa shape index (κ1) is 24.5. The van der Waals surface area contributed by atoms with Gasteiger partial charge in [-0.1, -0.05) is 37.5 Å². The molecule has 1 saturated heterocycles. The summed E-state index contributed by atoms with van der Waals surface area (Å²) in [6, 6.07) is 14.4. The SMILES string of the molecule is CN(CCN1CCCC1)C1COc2ccccc2-c2c(C3CCCCC3)c3ccc(C(=O)O)cc3n2C1. The van der Waals surface area contributed by atoms with E-state index in [2.05, 4.69) is 51.7 Å². The predicted octanol–water partition coefficient (Wildman–Crippen LogP) is 5.84. The highest BCUT2D eigenvalue weighted by Crippen LogP contribution is 2.47. The molecule has 196 valence electrons. The molecule has 0 radical (unpaired) electrons. The van der Waals surface area contributed by atoms with Gasteiger partial charge in [0.2, 0.25) is 0 Å². The molecule has 37 heavy (non-hydrogen) atoms. The van der Waals surface area contributed by atoms with Crippen molar-refractivity contribution in [2.24, 2.45) is 0 Å². The van der Waals surface area contributed by atoms with Gasteiger partial charge in [-0.2, -0.15) is 0 Å². The lowest BCUT2D eigenvalue weighted by atomic mass is 9.81. The molecule has 6 nitrogen and oxygen atoms in total. The highest BCUT2D eigenvalue weighted by molar-refractivity contribution is 5.98. The molecule has 6 rings (SSSR count). The maximum Gasteiger partial charge on any atom is 0.335 e. The monoisotopic (exact) mass is 501 g/mol. The lowest BCUT2D eigenvalue weighted by Crippen LogP contribution is -2.44. The number of hydrogen-bond donors (Lipinski definition) is 1. The number of fused-ring (bicyclic) bond motifs is 5. The number of carboxylic acid groups (broad SMARTS) is 1. The summed E-state index contributed by atoms with van der Waals surface area (Å²) in [6.45, 7) is 5.89. The van der Waals surface area contributed by atoms with Gasteiger partial charge in [0.25, 0.3) is 0 Å². The molecular formula is C31H39N3O3. The van der Waals surface area contributed by atoms with Gasteiger partial charge in [0.15, 0.2) is 0 Å². The van der Waals surface area contributed by atoms with Gasteiger partial charge in [-0.25, -0.2) is 4.79 Å². The largest absolute Gasteiger partial charge is 0.491 e. The molecule has 1 aliphatic carbocycles. The fraction of sp³-hybridized carbons (Fsp3) is 0.516. The first-order valence-corrected chi connectivity index (χ1v) is 14.1. The van der Waals surface area contributed by atoms with Crippen molar-refractivity contribution in [3.05, 3.63) is 53.6 Å². The summed E-state index contributed by atoms with van der Waals surface area (Å²) < 4.78 is 8.96. The van der Waals surface area contributed by atoms with Crippen molar-refractivity contribution in [3.63, 3.8) is 0 Å². The molecule has 1 aromatic heterocycles. The molecule has 1 unspecified atom stereocenters. The average molecular weight is 502 g/mol. The minimum Gasteiger partial charge on any atom is -0.491 e. The Morgan fingerprint density at radius 3 is 2.62 bits per heavy atom. The van der Waals surface area contributed by atoms with Crippen LogP contribution in [0.2, 0.25) is 0 Å². The number of hydrogen-bond acceptors (Lipinski definition) is 4. The van der Waals surface area contributed by atoms with Crippen molar-refractivity contribution in [3.8, 4) is 17.0 Å². The number of rotatable bonds is 6. The van der Waals surface area contributed by atoms with E-state index in [0.29, 0.717) is 18.1 Å². The number of likely N-dealkylation sites (N-methyl/N-ethyl adjacent to an activating group) is 1. The number of likely N-dealkylation sites (tertiary alicyclic amines) is 1. The molecule has 2 fully saturated rings. The van der Waals surface area contributed by atoms with E-state index in [1.807, 2.05) is 6.07 Å². The Hall–Kier alpha value is -2.83. The van der Waals surface area contributed by atoms with Crippen LogP contribution in [0, 0.1) is 0 Å². The third-order valence-corrected chi connectivity index (χ3v) is 8.92. The third-order valence-electron chi connectivity index (χ3n) is 8.92. The van der Waals surface area contributed by atoms with Crippen LogP contribution in [0.5, 0.6) is 5.75 Å². The van der Waals surface area contributed by atoms with Gasteiger partial charge in [0, 0.05) is 36.1 Å². The molecule has 0 spiro atoms. The van der Waals surface area contributed by atoms with Crippen molar-refractivity contribution in [1.29, 1.82) is 0 Å². The first-order valence-electron chi connectivity index (χ1n) is 14.1. The van der Waals surface area contributed by atoms with Crippen LogP contribution in [0.1, 0.15) is 66.8 Å². The Bertz CT molecular complexity index is 1270. The Balaban J connectivity index is 1.48. The van der Waals surface area contributed by atoms with Gasteiger partial charge in [-0.15, -0.1) is 0 Å². The van der Waals surface area contributed by atoms with Crippen molar-refractivity contribution < 1.29 is 14.6 Å². The second-order valence-corrected chi connectivity index (χ2v) is 11.2. The smallest absolute Gasteiger partial charge is 0.335 e. The lowest BCUT2D eigenvalue weighted by molar-refractivity contribution is 0.0697.